The first kappa shape index (κ1) is 15.0. The van der Waals surface area contributed by atoms with Crippen molar-refractivity contribution in [2.45, 2.75) is 13.0 Å². The quantitative estimate of drug-likeness (QED) is 0.883. The second kappa shape index (κ2) is 6.37. The zero-order chi connectivity index (χ0) is 14.6. The minimum atomic E-state index is -2.94. The molecule has 1 heterocycles. The van der Waals surface area contributed by atoms with Gasteiger partial charge in [0, 0.05) is 19.6 Å². The van der Waals surface area contributed by atoms with Gasteiger partial charge in [0.1, 0.15) is 6.04 Å². The standard InChI is InChI=1S/C14H20N2O3S/c1-2-15-14(17)13(12-6-4-3-5-7-12)16-8-10-20(18,19)11-9-16/h3-7,13H,2,8-11H2,1H3,(H,15,17)/t13-/m1/s1. The third-order valence-electron chi connectivity index (χ3n) is 3.46. The summed E-state index contributed by atoms with van der Waals surface area (Å²) in [5.74, 6) is 0.170. The number of carbonyl (C=O) groups excluding carboxylic acids is 1. The highest BCUT2D eigenvalue weighted by atomic mass is 32.2. The molecule has 1 atom stereocenters. The van der Waals surface area contributed by atoms with E-state index in [9.17, 15) is 13.2 Å². The molecule has 0 aromatic heterocycles. The van der Waals surface area contributed by atoms with Crippen LogP contribution in [0.5, 0.6) is 0 Å². The van der Waals surface area contributed by atoms with Crippen molar-refractivity contribution in [2.75, 3.05) is 31.1 Å². The molecule has 1 fully saturated rings. The summed E-state index contributed by atoms with van der Waals surface area (Å²) in [7, 11) is -2.94. The summed E-state index contributed by atoms with van der Waals surface area (Å²) in [5.41, 5.74) is 0.901. The molecule has 0 spiro atoms. The fraction of sp³-hybridized carbons (Fsp3) is 0.500. The van der Waals surface area contributed by atoms with E-state index in [4.69, 9.17) is 0 Å². The van der Waals surface area contributed by atoms with Crippen LogP contribution in [0.25, 0.3) is 0 Å². The van der Waals surface area contributed by atoms with E-state index in [1.807, 2.05) is 42.2 Å². The van der Waals surface area contributed by atoms with Gasteiger partial charge in [0.2, 0.25) is 5.91 Å². The SMILES string of the molecule is CCNC(=O)[C@@H](c1ccccc1)N1CCS(=O)(=O)CC1. The van der Waals surface area contributed by atoms with Crippen molar-refractivity contribution >= 4 is 15.7 Å². The van der Waals surface area contributed by atoms with Gasteiger partial charge in [-0.3, -0.25) is 9.69 Å². The Bertz CT molecular complexity index is 543. The number of hydrogen-bond donors (Lipinski definition) is 1. The van der Waals surface area contributed by atoms with Gasteiger partial charge in [0.05, 0.1) is 11.5 Å². The molecule has 1 aliphatic heterocycles. The number of nitrogens with one attached hydrogen (secondary N) is 1. The van der Waals surface area contributed by atoms with Crippen LogP contribution in [-0.2, 0) is 14.6 Å². The van der Waals surface area contributed by atoms with Crippen LogP contribution in [0.1, 0.15) is 18.5 Å². The van der Waals surface area contributed by atoms with E-state index >= 15 is 0 Å². The molecule has 0 aliphatic carbocycles. The van der Waals surface area contributed by atoms with Gasteiger partial charge in [-0.15, -0.1) is 0 Å². The van der Waals surface area contributed by atoms with Crippen molar-refractivity contribution in [1.29, 1.82) is 0 Å². The monoisotopic (exact) mass is 296 g/mol. The average Bonchev–Trinajstić information content (AvgIpc) is 2.42. The van der Waals surface area contributed by atoms with E-state index in [0.29, 0.717) is 19.6 Å². The Morgan fingerprint density at radius 1 is 1.25 bits per heavy atom. The number of rotatable bonds is 4. The van der Waals surface area contributed by atoms with Gasteiger partial charge in [-0.2, -0.15) is 0 Å². The predicted molar refractivity (Wildman–Crippen MR) is 78.1 cm³/mol. The molecule has 1 amide bonds. The second-order valence-electron chi connectivity index (χ2n) is 4.90. The lowest BCUT2D eigenvalue weighted by Gasteiger charge is -2.33. The van der Waals surface area contributed by atoms with Crippen LogP contribution in [-0.4, -0.2) is 50.4 Å². The van der Waals surface area contributed by atoms with Crippen molar-refractivity contribution in [3.05, 3.63) is 35.9 Å². The van der Waals surface area contributed by atoms with Gasteiger partial charge >= 0.3 is 0 Å². The predicted octanol–water partition coefficient (Wildman–Crippen LogP) is 0.594. The molecule has 1 saturated heterocycles. The molecule has 0 bridgehead atoms. The molecule has 6 heteroatoms. The van der Waals surface area contributed by atoms with E-state index < -0.39 is 15.9 Å². The fourth-order valence-electron chi connectivity index (χ4n) is 2.42. The number of carbonyl (C=O) groups is 1. The van der Waals surface area contributed by atoms with Crippen LogP contribution in [0.3, 0.4) is 0 Å². The zero-order valence-electron chi connectivity index (χ0n) is 11.6. The van der Waals surface area contributed by atoms with Crippen molar-refractivity contribution in [2.24, 2.45) is 0 Å². The average molecular weight is 296 g/mol. The summed E-state index contributed by atoms with van der Waals surface area (Å²) in [5, 5.41) is 2.83. The molecule has 1 aliphatic rings. The molecule has 1 N–H and O–H groups in total. The second-order valence-corrected chi connectivity index (χ2v) is 7.20. The van der Waals surface area contributed by atoms with Crippen LogP contribution in [0.4, 0.5) is 0 Å². The molecule has 5 nitrogen and oxygen atoms in total. The fourth-order valence-corrected chi connectivity index (χ4v) is 3.65. The van der Waals surface area contributed by atoms with Gasteiger partial charge in [-0.05, 0) is 12.5 Å². The molecule has 0 unspecified atom stereocenters. The third-order valence-corrected chi connectivity index (χ3v) is 5.07. The normalized spacial score (nSPS) is 20.2. The first-order chi connectivity index (χ1) is 9.53. The van der Waals surface area contributed by atoms with E-state index in [0.717, 1.165) is 5.56 Å². The van der Waals surface area contributed by atoms with Crippen LogP contribution in [0.2, 0.25) is 0 Å². The first-order valence-electron chi connectivity index (χ1n) is 6.80. The van der Waals surface area contributed by atoms with Crippen LogP contribution in [0, 0.1) is 0 Å². The Morgan fingerprint density at radius 2 is 1.85 bits per heavy atom. The van der Waals surface area contributed by atoms with Crippen LogP contribution >= 0.6 is 0 Å². The van der Waals surface area contributed by atoms with Gasteiger partial charge < -0.3 is 5.32 Å². The molecule has 1 aromatic rings. The third kappa shape index (κ3) is 3.58. The lowest BCUT2D eigenvalue weighted by atomic mass is 10.0. The van der Waals surface area contributed by atoms with Crippen LogP contribution in [0.15, 0.2) is 30.3 Å². The lowest BCUT2D eigenvalue weighted by Crippen LogP contribution is -2.47. The Morgan fingerprint density at radius 3 is 2.40 bits per heavy atom. The Hall–Kier alpha value is -1.40. The summed E-state index contributed by atoms with van der Waals surface area (Å²) < 4.78 is 23.0. The molecule has 0 radical (unpaired) electrons. The number of nitrogens with zero attached hydrogens (tertiary/aromatic N) is 1. The van der Waals surface area contributed by atoms with Crippen molar-refractivity contribution < 1.29 is 13.2 Å². The highest BCUT2D eigenvalue weighted by molar-refractivity contribution is 7.91. The van der Waals surface area contributed by atoms with Gasteiger partial charge in [-0.1, -0.05) is 30.3 Å². The van der Waals surface area contributed by atoms with Crippen molar-refractivity contribution in [3.8, 4) is 0 Å². The molecule has 20 heavy (non-hydrogen) atoms. The number of likely N-dealkylation sites (N-methyl/N-ethyl adjacent to an activating group) is 1. The summed E-state index contributed by atoms with van der Waals surface area (Å²) in [6.45, 7) is 3.24. The maximum absolute atomic E-state index is 12.3. The Kier molecular flexibility index (Phi) is 4.77. The summed E-state index contributed by atoms with van der Waals surface area (Å²) in [6, 6.07) is 9.08. The Labute approximate surface area is 119 Å². The van der Waals surface area contributed by atoms with E-state index in [-0.39, 0.29) is 17.4 Å². The van der Waals surface area contributed by atoms with Gasteiger partial charge in [0.25, 0.3) is 0 Å². The van der Waals surface area contributed by atoms with E-state index in [2.05, 4.69) is 5.32 Å². The minimum Gasteiger partial charge on any atom is -0.355 e. The van der Waals surface area contributed by atoms with Crippen molar-refractivity contribution in [3.63, 3.8) is 0 Å². The Balaban J connectivity index is 2.22. The zero-order valence-corrected chi connectivity index (χ0v) is 12.4. The number of amides is 1. The molecular formula is C14H20N2O3S. The highest BCUT2D eigenvalue weighted by Crippen LogP contribution is 2.23. The summed E-state index contributed by atoms with van der Waals surface area (Å²) in [4.78, 5) is 14.2. The highest BCUT2D eigenvalue weighted by Gasteiger charge is 2.32. The number of benzene rings is 1. The van der Waals surface area contributed by atoms with Gasteiger partial charge in [-0.25, -0.2) is 8.42 Å². The smallest absolute Gasteiger partial charge is 0.241 e. The summed E-state index contributed by atoms with van der Waals surface area (Å²) >= 11 is 0. The van der Waals surface area contributed by atoms with E-state index in [1.54, 1.807) is 0 Å². The maximum atomic E-state index is 12.3. The topological polar surface area (TPSA) is 66.5 Å². The lowest BCUT2D eigenvalue weighted by molar-refractivity contribution is -0.126. The van der Waals surface area contributed by atoms with Gasteiger partial charge in [0.15, 0.2) is 9.84 Å². The molecule has 1 aromatic carbocycles. The summed E-state index contributed by atoms with van der Waals surface area (Å²) in [6.07, 6.45) is 0. The molecular weight excluding hydrogens is 276 g/mol. The maximum Gasteiger partial charge on any atom is 0.241 e. The molecule has 110 valence electrons. The number of hydrogen-bond acceptors (Lipinski definition) is 4. The molecule has 0 saturated carbocycles. The van der Waals surface area contributed by atoms with Crippen LogP contribution < -0.4 is 5.32 Å². The minimum absolute atomic E-state index is 0.0713. The van der Waals surface area contributed by atoms with Crippen molar-refractivity contribution in [1.82, 2.24) is 10.2 Å². The van der Waals surface area contributed by atoms with E-state index in [1.165, 1.54) is 0 Å². The largest absolute Gasteiger partial charge is 0.355 e. The molecule has 2 rings (SSSR count). The first-order valence-corrected chi connectivity index (χ1v) is 8.63. The number of sulfone groups is 1.